The van der Waals surface area contributed by atoms with Gasteiger partial charge in [-0.2, -0.15) is 4.31 Å². The maximum atomic E-state index is 12.6. The SMILES string of the molecule is Cc1ccc(CC(=O)NCc2ccc(S(=O)(=O)N3CCOCC3)s2)cn1. The summed E-state index contributed by atoms with van der Waals surface area (Å²) >= 11 is 1.19. The van der Waals surface area contributed by atoms with Crippen LogP contribution in [0.25, 0.3) is 0 Å². The second-order valence-corrected chi connectivity index (χ2v) is 9.33. The average Bonchev–Trinajstić information content (AvgIpc) is 3.13. The topological polar surface area (TPSA) is 88.6 Å². The molecule has 1 aliphatic rings. The molecule has 2 aromatic heterocycles. The minimum atomic E-state index is -3.48. The van der Waals surface area contributed by atoms with Crippen LogP contribution in [0.3, 0.4) is 0 Å². The lowest BCUT2D eigenvalue weighted by atomic mass is 10.2. The summed E-state index contributed by atoms with van der Waals surface area (Å²) < 4.78 is 32.1. The molecule has 140 valence electrons. The number of nitrogens with one attached hydrogen (secondary N) is 1. The molecule has 3 heterocycles. The molecule has 0 spiro atoms. The quantitative estimate of drug-likeness (QED) is 0.797. The van der Waals surface area contributed by atoms with Crippen LogP contribution in [0.4, 0.5) is 0 Å². The maximum absolute atomic E-state index is 12.6. The first-order valence-electron chi connectivity index (χ1n) is 8.30. The van der Waals surface area contributed by atoms with Gasteiger partial charge < -0.3 is 10.1 Å². The van der Waals surface area contributed by atoms with Crippen molar-refractivity contribution in [1.29, 1.82) is 0 Å². The lowest BCUT2D eigenvalue weighted by molar-refractivity contribution is -0.120. The molecule has 1 amide bonds. The molecule has 1 saturated heterocycles. The summed E-state index contributed by atoms with van der Waals surface area (Å²) in [6, 6.07) is 7.08. The Morgan fingerprint density at radius 3 is 2.73 bits per heavy atom. The number of aryl methyl sites for hydroxylation is 1. The van der Waals surface area contributed by atoms with Crippen LogP contribution in [0.1, 0.15) is 16.1 Å². The zero-order valence-electron chi connectivity index (χ0n) is 14.5. The van der Waals surface area contributed by atoms with Crippen molar-refractivity contribution in [3.05, 3.63) is 46.6 Å². The number of hydrogen-bond acceptors (Lipinski definition) is 6. The molecular formula is C17H21N3O4S2. The number of morpholine rings is 1. The molecule has 1 N–H and O–H groups in total. The highest BCUT2D eigenvalue weighted by molar-refractivity contribution is 7.91. The fourth-order valence-corrected chi connectivity index (χ4v) is 5.40. The summed E-state index contributed by atoms with van der Waals surface area (Å²) in [4.78, 5) is 17.0. The number of pyridine rings is 1. The summed E-state index contributed by atoms with van der Waals surface area (Å²) in [6.45, 7) is 3.78. The van der Waals surface area contributed by atoms with E-state index in [1.807, 2.05) is 19.1 Å². The molecule has 0 aromatic carbocycles. The molecule has 26 heavy (non-hydrogen) atoms. The Kier molecular flexibility index (Phi) is 6.02. The van der Waals surface area contributed by atoms with Crippen LogP contribution in [0.15, 0.2) is 34.7 Å². The van der Waals surface area contributed by atoms with Gasteiger partial charge in [-0.25, -0.2) is 8.42 Å². The van der Waals surface area contributed by atoms with Gasteiger partial charge in [0, 0.05) is 29.9 Å². The van der Waals surface area contributed by atoms with Crippen molar-refractivity contribution in [3.63, 3.8) is 0 Å². The third-order valence-electron chi connectivity index (χ3n) is 4.00. The third kappa shape index (κ3) is 4.67. The van der Waals surface area contributed by atoms with Gasteiger partial charge in [0.1, 0.15) is 4.21 Å². The molecule has 3 rings (SSSR count). The molecule has 0 saturated carbocycles. The minimum absolute atomic E-state index is 0.123. The fraction of sp³-hybridized carbons (Fsp3) is 0.412. The van der Waals surface area contributed by atoms with Gasteiger partial charge in [-0.15, -0.1) is 11.3 Å². The zero-order valence-corrected chi connectivity index (χ0v) is 16.1. The number of carbonyl (C=O) groups excluding carboxylic acids is 1. The number of sulfonamides is 1. The normalized spacial score (nSPS) is 15.7. The summed E-state index contributed by atoms with van der Waals surface area (Å²) in [5.74, 6) is -0.123. The number of carbonyl (C=O) groups is 1. The summed E-state index contributed by atoms with van der Waals surface area (Å²) in [5, 5.41) is 2.82. The lowest BCUT2D eigenvalue weighted by Gasteiger charge is -2.25. The van der Waals surface area contributed by atoms with Gasteiger partial charge in [-0.3, -0.25) is 9.78 Å². The van der Waals surface area contributed by atoms with Gasteiger partial charge in [0.2, 0.25) is 5.91 Å². The second-order valence-electron chi connectivity index (χ2n) is 6.00. The van der Waals surface area contributed by atoms with Crippen LogP contribution in [0.2, 0.25) is 0 Å². The second kappa shape index (κ2) is 8.26. The highest BCUT2D eigenvalue weighted by Crippen LogP contribution is 2.25. The number of nitrogens with zero attached hydrogens (tertiary/aromatic N) is 2. The average molecular weight is 396 g/mol. The first-order valence-corrected chi connectivity index (χ1v) is 10.6. The first-order chi connectivity index (χ1) is 12.4. The Balaban J connectivity index is 1.56. The molecule has 9 heteroatoms. The molecule has 7 nitrogen and oxygen atoms in total. The molecule has 1 fully saturated rings. The van der Waals surface area contributed by atoms with E-state index in [0.29, 0.717) is 37.1 Å². The Hall–Kier alpha value is -1.81. The molecule has 0 radical (unpaired) electrons. The number of aromatic nitrogens is 1. The van der Waals surface area contributed by atoms with Gasteiger partial charge in [0.15, 0.2) is 0 Å². The van der Waals surface area contributed by atoms with E-state index in [0.717, 1.165) is 16.1 Å². The van der Waals surface area contributed by atoms with E-state index in [1.165, 1.54) is 15.6 Å². The summed E-state index contributed by atoms with van der Waals surface area (Å²) in [7, 11) is -3.48. The Bertz CT molecular complexity index is 856. The predicted molar refractivity (Wildman–Crippen MR) is 98.4 cm³/mol. The van der Waals surface area contributed by atoms with E-state index >= 15 is 0 Å². The number of ether oxygens (including phenoxy) is 1. The first kappa shape index (κ1) is 19.0. The van der Waals surface area contributed by atoms with Gasteiger partial charge >= 0.3 is 0 Å². The van der Waals surface area contributed by atoms with E-state index in [9.17, 15) is 13.2 Å². The minimum Gasteiger partial charge on any atom is -0.379 e. The van der Waals surface area contributed by atoms with Crippen molar-refractivity contribution in [1.82, 2.24) is 14.6 Å². The maximum Gasteiger partial charge on any atom is 0.252 e. The van der Waals surface area contributed by atoms with Crippen LogP contribution in [-0.2, 0) is 32.5 Å². The Morgan fingerprint density at radius 1 is 1.27 bits per heavy atom. The number of rotatable bonds is 6. The zero-order chi connectivity index (χ0) is 18.6. The van der Waals surface area contributed by atoms with Crippen molar-refractivity contribution in [2.45, 2.75) is 24.1 Å². The van der Waals surface area contributed by atoms with Crippen molar-refractivity contribution >= 4 is 27.3 Å². The van der Waals surface area contributed by atoms with Crippen molar-refractivity contribution in [2.75, 3.05) is 26.3 Å². The van der Waals surface area contributed by atoms with E-state index in [1.54, 1.807) is 18.3 Å². The molecule has 0 aliphatic carbocycles. The van der Waals surface area contributed by atoms with Gasteiger partial charge in [-0.1, -0.05) is 6.07 Å². The Labute approximate surface area is 157 Å². The van der Waals surface area contributed by atoms with E-state index in [2.05, 4.69) is 10.3 Å². The predicted octanol–water partition coefficient (Wildman–Crippen LogP) is 1.33. The Morgan fingerprint density at radius 2 is 2.04 bits per heavy atom. The summed E-state index contributed by atoms with van der Waals surface area (Å²) in [6.07, 6.45) is 1.94. The number of amides is 1. The van der Waals surface area contributed by atoms with Crippen LogP contribution < -0.4 is 5.32 Å². The molecule has 0 atom stereocenters. The molecule has 2 aromatic rings. The van der Waals surface area contributed by atoms with Crippen molar-refractivity contribution in [2.24, 2.45) is 0 Å². The third-order valence-corrected chi connectivity index (χ3v) is 7.45. The van der Waals surface area contributed by atoms with Crippen LogP contribution >= 0.6 is 11.3 Å². The smallest absolute Gasteiger partial charge is 0.252 e. The standard InChI is InChI=1S/C17H21N3O4S2/c1-13-2-3-14(11-18-13)10-16(21)19-12-15-4-5-17(25-15)26(22,23)20-6-8-24-9-7-20/h2-5,11H,6-10,12H2,1H3,(H,19,21). The monoisotopic (exact) mass is 395 g/mol. The van der Waals surface area contributed by atoms with Gasteiger partial charge in [0.05, 0.1) is 26.2 Å². The molecule has 0 bridgehead atoms. The van der Waals surface area contributed by atoms with Gasteiger partial charge in [0.25, 0.3) is 10.0 Å². The van der Waals surface area contributed by atoms with Crippen LogP contribution in [0, 0.1) is 6.92 Å². The van der Waals surface area contributed by atoms with Crippen molar-refractivity contribution in [3.8, 4) is 0 Å². The molecule has 1 aliphatic heterocycles. The lowest BCUT2D eigenvalue weighted by Crippen LogP contribution is -2.40. The fourth-order valence-electron chi connectivity index (χ4n) is 2.54. The van der Waals surface area contributed by atoms with Gasteiger partial charge in [-0.05, 0) is 30.7 Å². The molecular weight excluding hydrogens is 374 g/mol. The number of thiophene rings is 1. The van der Waals surface area contributed by atoms with Crippen LogP contribution in [0.5, 0.6) is 0 Å². The highest BCUT2D eigenvalue weighted by atomic mass is 32.2. The largest absolute Gasteiger partial charge is 0.379 e. The van der Waals surface area contributed by atoms with Crippen LogP contribution in [-0.4, -0.2) is 49.9 Å². The van der Waals surface area contributed by atoms with E-state index < -0.39 is 10.0 Å². The highest BCUT2D eigenvalue weighted by Gasteiger charge is 2.27. The van der Waals surface area contributed by atoms with E-state index in [4.69, 9.17) is 4.74 Å². The number of hydrogen-bond donors (Lipinski definition) is 1. The molecule has 0 unspecified atom stereocenters. The summed E-state index contributed by atoms with van der Waals surface area (Å²) in [5.41, 5.74) is 1.75. The van der Waals surface area contributed by atoms with Crippen molar-refractivity contribution < 1.29 is 17.9 Å². The van der Waals surface area contributed by atoms with E-state index in [-0.39, 0.29) is 12.3 Å².